The summed E-state index contributed by atoms with van der Waals surface area (Å²) in [7, 11) is -2.85. The highest BCUT2D eigenvalue weighted by atomic mass is 32.2. The molecule has 0 spiro atoms. The van der Waals surface area contributed by atoms with Gasteiger partial charge in [-0.25, -0.2) is 28.5 Å². The maximum atomic E-state index is 14.0. The molecule has 4 heterocycles. The minimum absolute atomic E-state index is 0.00000438. The van der Waals surface area contributed by atoms with Crippen LogP contribution >= 0.6 is 0 Å². The van der Waals surface area contributed by atoms with Gasteiger partial charge in [0.25, 0.3) is 5.91 Å². The zero-order valence-corrected chi connectivity index (χ0v) is 25.2. The van der Waals surface area contributed by atoms with Gasteiger partial charge >= 0.3 is 12.7 Å². The van der Waals surface area contributed by atoms with E-state index in [1.54, 1.807) is 0 Å². The van der Waals surface area contributed by atoms with Crippen molar-refractivity contribution >= 4 is 22.0 Å². The SMILES string of the molecule is COCCOC(=O)N1[C@@H]2CC[C@H]1[C@H](C(=O)NOC1CCCCO1)N(S(=O)(=O)c1ccc(Oc3ccc(OC(F)F)cc3)nc1)C2. The number of hydrogen-bond donors (Lipinski definition) is 1. The summed E-state index contributed by atoms with van der Waals surface area (Å²) in [6.07, 6.45) is 2.85. The Labute approximate surface area is 258 Å². The topological polar surface area (TPSA) is 155 Å². The summed E-state index contributed by atoms with van der Waals surface area (Å²) in [5.74, 6) is -0.516. The van der Waals surface area contributed by atoms with E-state index in [9.17, 15) is 26.8 Å². The first-order valence-corrected chi connectivity index (χ1v) is 15.8. The first kappa shape index (κ1) is 32.7. The Morgan fingerprint density at radius 3 is 2.51 bits per heavy atom. The highest BCUT2D eigenvalue weighted by Crippen LogP contribution is 2.38. The van der Waals surface area contributed by atoms with Crippen LogP contribution in [-0.4, -0.2) is 99.1 Å². The fourth-order valence-corrected chi connectivity index (χ4v) is 7.15. The van der Waals surface area contributed by atoms with Gasteiger partial charge in [0.1, 0.15) is 29.0 Å². The summed E-state index contributed by atoms with van der Waals surface area (Å²) in [5, 5.41) is 0. The van der Waals surface area contributed by atoms with Crippen molar-refractivity contribution in [3.8, 4) is 17.4 Å². The predicted octanol–water partition coefficient (Wildman–Crippen LogP) is 3.04. The van der Waals surface area contributed by atoms with Crippen LogP contribution in [0.15, 0.2) is 47.5 Å². The van der Waals surface area contributed by atoms with Crippen LogP contribution in [0.4, 0.5) is 13.6 Å². The molecule has 1 N–H and O–H groups in total. The number of carbonyl (C=O) groups is 2. The van der Waals surface area contributed by atoms with E-state index in [0.717, 1.165) is 23.3 Å². The first-order valence-electron chi connectivity index (χ1n) is 14.4. The number of nitrogens with one attached hydrogen (secondary N) is 1. The molecule has 17 heteroatoms. The van der Waals surface area contributed by atoms with E-state index < -0.39 is 53.1 Å². The van der Waals surface area contributed by atoms with E-state index in [0.29, 0.717) is 25.9 Å². The van der Waals surface area contributed by atoms with Gasteiger partial charge in [-0.2, -0.15) is 13.1 Å². The average Bonchev–Trinajstić information content (AvgIpc) is 3.34. The number of pyridine rings is 1. The number of benzene rings is 1. The van der Waals surface area contributed by atoms with Crippen LogP contribution in [-0.2, 0) is 33.9 Å². The molecule has 5 rings (SSSR count). The minimum Gasteiger partial charge on any atom is -0.447 e. The molecule has 14 nitrogen and oxygen atoms in total. The van der Waals surface area contributed by atoms with Crippen LogP contribution in [0.25, 0.3) is 0 Å². The summed E-state index contributed by atoms with van der Waals surface area (Å²) in [6, 6.07) is 5.28. The highest BCUT2D eigenvalue weighted by Gasteiger charge is 2.55. The lowest BCUT2D eigenvalue weighted by Gasteiger charge is -2.44. The van der Waals surface area contributed by atoms with Crippen LogP contribution < -0.4 is 15.0 Å². The van der Waals surface area contributed by atoms with Crippen molar-refractivity contribution in [1.82, 2.24) is 19.7 Å². The Kier molecular flexibility index (Phi) is 10.7. The number of methoxy groups -OCH3 is 1. The number of hydrogen-bond acceptors (Lipinski definition) is 11. The van der Waals surface area contributed by atoms with Gasteiger partial charge in [0.2, 0.25) is 15.9 Å². The van der Waals surface area contributed by atoms with Gasteiger partial charge in [0, 0.05) is 38.8 Å². The average molecular weight is 657 g/mol. The molecule has 0 radical (unpaired) electrons. The van der Waals surface area contributed by atoms with E-state index in [1.807, 2.05) is 0 Å². The molecule has 1 unspecified atom stereocenters. The number of aromatic nitrogens is 1. The molecule has 3 fully saturated rings. The van der Waals surface area contributed by atoms with E-state index in [4.69, 9.17) is 23.8 Å². The molecule has 1 aromatic carbocycles. The fraction of sp³-hybridized carbons (Fsp3) is 0.536. The Morgan fingerprint density at radius 1 is 1.07 bits per heavy atom. The van der Waals surface area contributed by atoms with Crippen molar-refractivity contribution in [2.45, 2.75) is 68.0 Å². The van der Waals surface area contributed by atoms with E-state index in [1.165, 1.54) is 48.4 Å². The molecule has 246 valence electrons. The Morgan fingerprint density at radius 2 is 1.84 bits per heavy atom. The zero-order valence-electron chi connectivity index (χ0n) is 24.4. The smallest absolute Gasteiger partial charge is 0.410 e. The van der Waals surface area contributed by atoms with Gasteiger partial charge in [-0.3, -0.25) is 9.69 Å². The van der Waals surface area contributed by atoms with E-state index in [-0.39, 0.29) is 42.0 Å². The molecule has 3 saturated heterocycles. The number of piperazine rings is 1. The number of nitrogens with zero attached hydrogens (tertiary/aromatic N) is 3. The van der Waals surface area contributed by atoms with Crippen LogP contribution in [0.2, 0.25) is 0 Å². The van der Waals surface area contributed by atoms with Crippen LogP contribution in [0, 0.1) is 0 Å². The van der Waals surface area contributed by atoms with Crippen molar-refractivity contribution in [3.63, 3.8) is 0 Å². The number of rotatable bonds is 12. The lowest BCUT2D eigenvalue weighted by Crippen LogP contribution is -2.66. The number of halogens is 2. The second kappa shape index (κ2) is 14.6. The molecule has 1 aromatic heterocycles. The molecule has 0 aliphatic carbocycles. The second-order valence-electron chi connectivity index (χ2n) is 10.5. The third-order valence-corrected chi connectivity index (χ3v) is 9.45. The zero-order chi connectivity index (χ0) is 32.0. The quantitative estimate of drug-likeness (QED) is 0.265. The number of amides is 2. The third kappa shape index (κ3) is 7.78. The molecule has 2 amide bonds. The van der Waals surface area contributed by atoms with Crippen LogP contribution in [0.1, 0.15) is 32.1 Å². The number of hydroxylamine groups is 1. The summed E-state index contributed by atoms with van der Waals surface area (Å²) in [5.41, 5.74) is 2.37. The van der Waals surface area contributed by atoms with Crippen molar-refractivity contribution in [2.24, 2.45) is 0 Å². The van der Waals surface area contributed by atoms with Crippen molar-refractivity contribution < 1.29 is 55.3 Å². The second-order valence-corrected chi connectivity index (χ2v) is 12.4. The van der Waals surface area contributed by atoms with Crippen LogP contribution in [0.3, 0.4) is 0 Å². The molecule has 0 saturated carbocycles. The van der Waals surface area contributed by atoms with E-state index >= 15 is 0 Å². The first-order chi connectivity index (χ1) is 21.7. The fourth-order valence-electron chi connectivity index (χ4n) is 5.55. The third-order valence-electron chi connectivity index (χ3n) is 7.62. The normalized spacial score (nSPS) is 23.5. The highest BCUT2D eigenvalue weighted by molar-refractivity contribution is 7.89. The Bertz CT molecular complexity index is 1410. The lowest BCUT2D eigenvalue weighted by atomic mass is 10.1. The number of carbonyl (C=O) groups excluding carboxylic acids is 2. The Hall–Kier alpha value is -3.64. The monoisotopic (exact) mass is 656 g/mol. The lowest BCUT2D eigenvalue weighted by molar-refractivity contribution is -0.203. The molecule has 2 aromatic rings. The molecule has 2 bridgehead atoms. The van der Waals surface area contributed by atoms with Gasteiger partial charge < -0.3 is 23.7 Å². The molecule has 3 aliphatic heterocycles. The van der Waals surface area contributed by atoms with Crippen molar-refractivity contribution in [2.75, 3.05) is 33.5 Å². The molecule has 4 atom stereocenters. The molecular weight excluding hydrogens is 622 g/mol. The van der Waals surface area contributed by atoms with Crippen molar-refractivity contribution in [3.05, 3.63) is 42.6 Å². The molecule has 3 aliphatic rings. The maximum Gasteiger partial charge on any atom is 0.410 e. The predicted molar refractivity (Wildman–Crippen MR) is 150 cm³/mol. The molecular formula is C28H34F2N4O10S. The summed E-state index contributed by atoms with van der Waals surface area (Å²) in [4.78, 5) is 37.4. The van der Waals surface area contributed by atoms with Gasteiger partial charge in [-0.1, -0.05) is 0 Å². The largest absolute Gasteiger partial charge is 0.447 e. The number of alkyl halides is 2. The number of sulfonamides is 1. The summed E-state index contributed by atoms with van der Waals surface area (Å²) in [6.45, 7) is -2.48. The van der Waals surface area contributed by atoms with Gasteiger partial charge in [-0.05, 0) is 56.0 Å². The standard InChI is InChI=1S/C28H34F2N4O10S/c1-39-14-15-41-28(36)34-18-5-11-22(34)25(26(35)32-44-24-4-2-3-13-40-24)33(17-18)45(37,38)21-10-12-23(31-16-21)42-19-6-8-20(9-7-19)43-27(29)30/h6-10,12,16,18,22,24-25,27H,2-5,11,13-15,17H2,1H3,(H,32,35)/t18-,22+,24?,25-/m1/s1. The maximum absolute atomic E-state index is 14.0. The molecule has 45 heavy (non-hydrogen) atoms. The van der Waals surface area contributed by atoms with E-state index in [2.05, 4.69) is 15.2 Å². The van der Waals surface area contributed by atoms with Crippen molar-refractivity contribution in [1.29, 1.82) is 0 Å². The number of fused-ring (bicyclic) bond motifs is 2. The van der Waals surface area contributed by atoms with Gasteiger partial charge in [0.05, 0.1) is 18.8 Å². The summed E-state index contributed by atoms with van der Waals surface area (Å²) < 4.78 is 79.5. The van der Waals surface area contributed by atoms with Gasteiger partial charge in [0.15, 0.2) is 6.29 Å². The minimum atomic E-state index is -4.32. The Balaban J connectivity index is 1.34. The summed E-state index contributed by atoms with van der Waals surface area (Å²) >= 11 is 0. The van der Waals surface area contributed by atoms with Gasteiger partial charge in [-0.15, -0.1) is 0 Å². The van der Waals surface area contributed by atoms with Crippen LogP contribution in [0.5, 0.6) is 17.4 Å². The number of ether oxygens (including phenoxy) is 5.